The van der Waals surface area contributed by atoms with Crippen molar-refractivity contribution in [3.63, 3.8) is 0 Å². The van der Waals surface area contributed by atoms with E-state index in [0.29, 0.717) is 64.7 Å². The summed E-state index contributed by atoms with van der Waals surface area (Å²) in [6, 6.07) is 4.01. The van der Waals surface area contributed by atoms with Crippen molar-refractivity contribution in [2.45, 2.75) is 84.4 Å². The fraction of sp³-hybridized carbons (Fsp3) is 0.533. The zero-order valence-electron chi connectivity index (χ0n) is 24.0. The molecule has 2 aliphatic rings. The number of amides is 2. The molecule has 2 aliphatic carbocycles. The van der Waals surface area contributed by atoms with Gasteiger partial charge in [-0.05, 0) is 83.4 Å². The molecule has 0 aliphatic heterocycles. The number of hydrogen-bond acceptors (Lipinski definition) is 6. The summed E-state index contributed by atoms with van der Waals surface area (Å²) in [7, 11) is 0. The van der Waals surface area contributed by atoms with Gasteiger partial charge >= 0.3 is 6.09 Å². The Kier molecular flexibility index (Phi) is 7.89. The summed E-state index contributed by atoms with van der Waals surface area (Å²) in [4.78, 5) is 37.8. The van der Waals surface area contributed by atoms with E-state index in [1.54, 1.807) is 13.0 Å². The van der Waals surface area contributed by atoms with Crippen LogP contribution in [0, 0.1) is 18.8 Å². The van der Waals surface area contributed by atoms with Gasteiger partial charge < -0.3 is 25.1 Å². The normalized spacial score (nSPS) is 20.8. The van der Waals surface area contributed by atoms with Gasteiger partial charge in [-0.1, -0.05) is 6.92 Å². The zero-order valence-corrected chi connectivity index (χ0v) is 24.0. The van der Waals surface area contributed by atoms with E-state index in [1.165, 1.54) is 18.5 Å². The van der Waals surface area contributed by atoms with Crippen molar-refractivity contribution < 1.29 is 27.8 Å². The van der Waals surface area contributed by atoms with Crippen LogP contribution in [-0.2, 0) is 4.74 Å². The van der Waals surface area contributed by atoms with E-state index in [9.17, 15) is 18.4 Å². The van der Waals surface area contributed by atoms with Crippen molar-refractivity contribution >= 4 is 23.0 Å². The molecule has 2 amide bonds. The number of ether oxygens (including phenoxy) is 2. The average Bonchev–Trinajstić information content (AvgIpc) is 3.56. The van der Waals surface area contributed by atoms with Gasteiger partial charge in [-0.2, -0.15) is 0 Å². The summed E-state index contributed by atoms with van der Waals surface area (Å²) in [6.45, 7) is 9.74. The number of aromatic nitrogens is 3. The van der Waals surface area contributed by atoms with Gasteiger partial charge in [0, 0.05) is 28.9 Å². The van der Waals surface area contributed by atoms with Crippen molar-refractivity contribution in [2.24, 2.45) is 11.8 Å². The monoisotopic (exact) mass is 569 g/mol. The maximum absolute atomic E-state index is 13.6. The van der Waals surface area contributed by atoms with Crippen molar-refractivity contribution in [2.75, 3.05) is 6.61 Å². The lowest BCUT2D eigenvalue weighted by Gasteiger charge is -2.23. The van der Waals surface area contributed by atoms with Crippen LogP contribution in [-0.4, -0.2) is 51.2 Å². The lowest BCUT2D eigenvalue weighted by atomic mass is 10.0. The largest absolute Gasteiger partial charge is 0.493 e. The third-order valence-electron chi connectivity index (χ3n) is 7.60. The molecule has 0 saturated heterocycles. The third kappa shape index (κ3) is 6.60. The zero-order chi connectivity index (χ0) is 29.5. The van der Waals surface area contributed by atoms with E-state index < -0.39 is 18.1 Å². The number of hydrogen-bond donors (Lipinski definition) is 3. The average molecular weight is 570 g/mol. The van der Waals surface area contributed by atoms with Crippen LogP contribution in [0.2, 0.25) is 0 Å². The van der Waals surface area contributed by atoms with Gasteiger partial charge in [-0.25, -0.2) is 23.5 Å². The molecule has 3 atom stereocenters. The topological polar surface area (TPSA) is 118 Å². The van der Waals surface area contributed by atoms with Gasteiger partial charge in [0.1, 0.15) is 28.9 Å². The number of nitrogens with zero attached hydrogens (tertiary/aromatic N) is 2. The van der Waals surface area contributed by atoms with Gasteiger partial charge in [-0.3, -0.25) is 4.79 Å². The maximum atomic E-state index is 13.6. The number of H-pyrrole nitrogens is 1. The van der Waals surface area contributed by atoms with Crippen LogP contribution in [0.1, 0.15) is 81.4 Å². The van der Waals surface area contributed by atoms with Gasteiger partial charge in [0.25, 0.3) is 12.3 Å². The highest BCUT2D eigenvalue weighted by Crippen LogP contribution is 2.38. The first-order chi connectivity index (χ1) is 19.4. The number of nitrogens with one attached hydrogen (secondary N) is 3. The number of aromatic amines is 1. The summed E-state index contributed by atoms with van der Waals surface area (Å²) >= 11 is 0. The van der Waals surface area contributed by atoms with Crippen LogP contribution in [0.3, 0.4) is 0 Å². The second kappa shape index (κ2) is 11.3. The first-order valence-corrected chi connectivity index (χ1v) is 14.1. The van der Waals surface area contributed by atoms with Crippen molar-refractivity contribution in [3.05, 3.63) is 41.3 Å². The summed E-state index contributed by atoms with van der Waals surface area (Å²) < 4.78 is 38.7. The molecule has 0 spiro atoms. The number of alkyl halides is 2. The van der Waals surface area contributed by atoms with Gasteiger partial charge in [0.05, 0.1) is 17.7 Å². The maximum Gasteiger partial charge on any atom is 0.407 e. The fourth-order valence-electron chi connectivity index (χ4n) is 5.37. The second-order valence-corrected chi connectivity index (χ2v) is 12.3. The highest BCUT2D eigenvalue weighted by molar-refractivity contribution is 6.09. The molecule has 41 heavy (non-hydrogen) atoms. The summed E-state index contributed by atoms with van der Waals surface area (Å²) in [6.07, 6.45) is 1.64. The number of alkyl carbamates (subject to hydrolysis) is 1. The molecule has 5 rings (SSSR count). The Morgan fingerprint density at radius 1 is 1.15 bits per heavy atom. The first kappa shape index (κ1) is 28.8. The number of carbonyl (C=O) groups is 2. The number of aryl methyl sites for hydroxylation is 1. The first-order valence-electron chi connectivity index (χ1n) is 14.1. The smallest absolute Gasteiger partial charge is 0.407 e. The highest BCUT2D eigenvalue weighted by atomic mass is 19.3. The Hall–Kier alpha value is -3.76. The Labute approximate surface area is 237 Å². The van der Waals surface area contributed by atoms with E-state index in [-0.39, 0.29) is 29.5 Å². The molecule has 2 saturated carbocycles. The SMILES string of the molecule is Cc1[nH]c2c(-c3cc(C(F)F)ccc3OCC3CC3)ncnc2c1C(=O)N[C@H]1C[C@@H](C)[C@@H](NC(=O)OC(C)(C)C)C1. The Morgan fingerprint density at radius 2 is 1.90 bits per heavy atom. The van der Waals surface area contributed by atoms with Gasteiger partial charge in [0.15, 0.2) is 0 Å². The molecule has 1 aromatic carbocycles. The van der Waals surface area contributed by atoms with Crippen LogP contribution in [0.5, 0.6) is 5.75 Å². The molecule has 220 valence electrons. The summed E-state index contributed by atoms with van der Waals surface area (Å²) in [5.41, 5.74) is 1.89. The molecule has 0 radical (unpaired) electrons. The number of fused-ring (bicyclic) bond motifs is 1. The van der Waals surface area contributed by atoms with E-state index in [1.807, 2.05) is 27.7 Å². The van der Waals surface area contributed by atoms with E-state index >= 15 is 0 Å². The number of rotatable bonds is 8. The molecule has 2 fully saturated rings. The second-order valence-electron chi connectivity index (χ2n) is 12.3. The predicted molar refractivity (Wildman–Crippen MR) is 150 cm³/mol. The lowest BCUT2D eigenvalue weighted by molar-refractivity contribution is 0.0495. The minimum absolute atomic E-state index is 0.135. The molecule has 2 heterocycles. The molecule has 0 unspecified atom stereocenters. The number of benzene rings is 1. The van der Waals surface area contributed by atoms with Crippen LogP contribution in [0.15, 0.2) is 24.5 Å². The fourth-order valence-corrected chi connectivity index (χ4v) is 5.37. The van der Waals surface area contributed by atoms with Crippen molar-refractivity contribution in [1.29, 1.82) is 0 Å². The van der Waals surface area contributed by atoms with Crippen molar-refractivity contribution in [3.8, 4) is 17.0 Å². The quantitative estimate of drug-likeness (QED) is 0.303. The van der Waals surface area contributed by atoms with E-state index in [2.05, 4.69) is 25.6 Å². The van der Waals surface area contributed by atoms with Crippen LogP contribution >= 0.6 is 0 Å². The minimum atomic E-state index is -2.65. The summed E-state index contributed by atoms with van der Waals surface area (Å²) in [5, 5.41) is 6.02. The lowest BCUT2D eigenvalue weighted by Crippen LogP contribution is -2.41. The molecular formula is C30H37F2N5O4. The molecular weight excluding hydrogens is 532 g/mol. The van der Waals surface area contributed by atoms with E-state index in [4.69, 9.17) is 9.47 Å². The molecule has 0 bridgehead atoms. The van der Waals surface area contributed by atoms with Gasteiger partial charge in [-0.15, -0.1) is 0 Å². The van der Waals surface area contributed by atoms with Crippen LogP contribution in [0.4, 0.5) is 13.6 Å². The molecule has 3 aromatic rings. The third-order valence-corrected chi connectivity index (χ3v) is 7.60. The van der Waals surface area contributed by atoms with Crippen LogP contribution < -0.4 is 15.4 Å². The number of carbonyl (C=O) groups excluding carboxylic acids is 2. The Morgan fingerprint density at radius 3 is 2.59 bits per heavy atom. The Bertz CT molecular complexity index is 1450. The summed E-state index contributed by atoms with van der Waals surface area (Å²) in [5.74, 6) is 0.772. The molecule has 9 nitrogen and oxygen atoms in total. The molecule has 2 aromatic heterocycles. The van der Waals surface area contributed by atoms with Gasteiger partial charge in [0.2, 0.25) is 0 Å². The van der Waals surface area contributed by atoms with Crippen molar-refractivity contribution in [1.82, 2.24) is 25.6 Å². The Balaban J connectivity index is 1.38. The van der Waals surface area contributed by atoms with E-state index in [0.717, 1.165) is 12.8 Å². The highest BCUT2D eigenvalue weighted by Gasteiger charge is 2.35. The van der Waals surface area contributed by atoms with Crippen LogP contribution in [0.25, 0.3) is 22.3 Å². The minimum Gasteiger partial charge on any atom is -0.493 e. The predicted octanol–water partition coefficient (Wildman–Crippen LogP) is 6.08. The molecule has 3 N–H and O–H groups in total. The standard InChI is InChI=1S/C30H37F2N5O4/c1-15-10-19(12-21(15)37-29(39)41-30(3,4)5)36-28(38)23-16(2)35-26-24(33-14-34-25(23)26)20-11-18(27(31)32)8-9-22(20)40-13-17-6-7-17/h8-9,11,14-15,17,19,21,27,35H,6-7,10,12-13H2,1-5H3,(H,36,38)(H,37,39)/t15-,19+,21+/m1/s1. The molecule has 11 heteroatoms. The number of halogens is 2.